The number of carbonyl (C=O) groups is 1. The third-order valence-corrected chi connectivity index (χ3v) is 4.25. The van der Waals surface area contributed by atoms with Gasteiger partial charge in [-0.15, -0.1) is 0 Å². The van der Waals surface area contributed by atoms with Gasteiger partial charge in [-0.05, 0) is 36.1 Å². The summed E-state index contributed by atoms with van der Waals surface area (Å²) in [5, 5.41) is 0. The van der Waals surface area contributed by atoms with Gasteiger partial charge >= 0.3 is 5.97 Å². The van der Waals surface area contributed by atoms with Crippen LogP contribution in [0.15, 0.2) is 48.5 Å². The van der Waals surface area contributed by atoms with Crippen molar-refractivity contribution in [3.63, 3.8) is 0 Å². The standard InChI is InChI=1S/C19H21NO2/c1-3-22-19(21)14(2)20-12-15-8-4-6-10-17(15)18-11-7-5-9-16(18)13-20/h4-11,14H,3,12-13H2,1-2H3/t14-/m1/s1. The van der Waals surface area contributed by atoms with Crippen molar-refractivity contribution >= 4 is 5.97 Å². The van der Waals surface area contributed by atoms with E-state index in [4.69, 9.17) is 4.74 Å². The summed E-state index contributed by atoms with van der Waals surface area (Å²) in [6, 6.07) is 16.6. The van der Waals surface area contributed by atoms with Crippen molar-refractivity contribution in [3.05, 3.63) is 59.7 Å². The van der Waals surface area contributed by atoms with Crippen molar-refractivity contribution in [1.29, 1.82) is 0 Å². The molecular weight excluding hydrogens is 274 g/mol. The molecule has 0 radical (unpaired) electrons. The van der Waals surface area contributed by atoms with Gasteiger partial charge in [0.15, 0.2) is 0 Å². The SMILES string of the molecule is CCOC(=O)[C@@H](C)N1Cc2ccccc2-c2ccccc2C1. The fourth-order valence-electron chi connectivity index (χ4n) is 3.02. The molecule has 0 bridgehead atoms. The van der Waals surface area contributed by atoms with Crippen LogP contribution in [0.5, 0.6) is 0 Å². The number of hydrogen-bond acceptors (Lipinski definition) is 3. The van der Waals surface area contributed by atoms with E-state index in [0.717, 1.165) is 13.1 Å². The fraction of sp³-hybridized carbons (Fsp3) is 0.316. The molecule has 1 heterocycles. The summed E-state index contributed by atoms with van der Waals surface area (Å²) in [4.78, 5) is 14.3. The highest BCUT2D eigenvalue weighted by Gasteiger charge is 2.26. The average Bonchev–Trinajstić information content (AvgIpc) is 2.71. The van der Waals surface area contributed by atoms with Gasteiger partial charge < -0.3 is 4.74 Å². The second kappa shape index (κ2) is 6.32. The minimum absolute atomic E-state index is 0.153. The quantitative estimate of drug-likeness (QED) is 0.810. The highest BCUT2D eigenvalue weighted by Crippen LogP contribution is 2.33. The average molecular weight is 295 g/mol. The lowest BCUT2D eigenvalue weighted by Gasteiger charge is -2.26. The van der Waals surface area contributed by atoms with E-state index in [1.807, 2.05) is 13.8 Å². The molecule has 0 aliphatic carbocycles. The molecule has 0 saturated carbocycles. The van der Waals surface area contributed by atoms with Gasteiger partial charge in [0.1, 0.15) is 6.04 Å². The zero-order valence-corrected chi connectivity index (χ0v) is 13.1. The summed E-state index contributed by atoms with van der Waals surface area (Å²) < 4.78 is 5.19. The molecule has 0 spiro atoms. The second-order valence-corrected chi connectivity index (χ2v) is 5.65. The molecule has 2 aromatic rings. The highest BCUT2D eigenvalue weighted by atomic mass is 16.5. The van der Waals surface area contributed by atoms with E-state index in [-0.39, 0.29) is 12.0 Å². The monoisotopic (exact) mass is 295 g/mol. The van der Waals surface area contributed by atoms with Crippen molar-refractivity contribution in [3.8, 4) is 11.1 Å². The van der Waals surface area contributed by atoms with E-state index < -0.39 is 0 Å². The molecular formula is C19H21NO2. The lowest BCUT2D eigenvalue weighted by molar-refractivity contribution is -0.149. The normalized spacial score (nSPS) is 15.4. The Balaban J connectivity index is 2.00. The fourth-order valence-corrected chi connectivity index (χ4v) is 3.02. The van der Waals surface area contributed by atoms with Crippen LogP contribution in [-0.4, -0.2) is 23.5 Å². The third kappa shape index (κ3) is 2.77. The number of ether oxygens (including phenoxy) is 1. The molecule has 0 saturated heterocycles. The van der Waals surface area contributed by atoms with Gasteiger partial charge in [0.05, 0.1) is 6.61 Å². The summed E-state index contributed by atoms with van der Waals surface area (Å²) >= 11 is 0. The Bertz CT molecular complexity index is 633. The predicted octanol–water partition coefficient (Wildman–Crippen LogP) is 3.62. The van der Waals surface area contributed by atoms with Crippen LogP contribution in [0.3, 0.4) is 0 Å². The van der Waals surface area contributed by atoms with E-state index in [1.165, 1.54) is 22.3 Å². The Morgan fingerprint density at radius 1 is 1.05 bits per heavy atom. The first kappa shape index (κ1) is 14.8. The van der Waals surface area contributed by atoms with Gasteiger partial charge in [-0.3, -0.25) is 9.69 Å². The Labute approximate surface area is 131 Å². The Hall–Kier alpha value is -2.13. The van der Waals surface area contributed by atoms with Gasteiger partial charge in [0.2, 0.25) is 0 Å². The number of carbonyl (C=O) groups excluding carboxylic acids is 1. The van der Waals surface area contributed by atoms with Gasteiger partial charge in [-0.25, -0.2) is 0 Å². The van der Waals surface area contributed by atoms with E-state index in [9.17, 15) is 4.79 Å². The lowest BCUT2D eigenvalue weighted by Crippen LogP contribution is -2.38. The van der Waals surface area contributed by atoms with Gasteiger partial charge in [0.25, 0.3) is 0 Å². The van der Waals surface area contributed by atoms with Gasteiger partial charge in [0, 0.05) is 13.1 Å². The number of esters is 1. The summed E-state index contributed by atoms with van der Waals surface area (Å²) in [5.74, 6) is -0.153. The molecule has 0 aromatic heterocycles. The predicted molar refractivity (Wildman–Crippen MR) is 87.2 cm³/mol. The van der Waals surface area contributed by atoms with Crippen LogP contribution in [-0.2, 0) is 22.6 Å². The maximum absolute atomic E-state index is 12.1. The smallest absolute Gasteiger partial charge is 0.323 e. The number of fused-ring (bicyclic) bond motifs is 3. The first-order valence-corrected chi connectivity index (χ1v) is 7.77. The largest absolute Gasteiger partial charge is 0.465 e. The zero-order chi connectivity index (χ0) is 15.5. The van der Waals surface area contributed by atoms with Crippen molar-refractivity contribution in [2.45, 2.75) is 33.0 Å². The molecule has 22 heavy (non-hydrogen) atoms. The van der Waals surface area contributed by atoms with E-state index in [0.29, 0.717) is 6.61 Å². The van der Waals surface area contributed by atoms with E-state index >= 15 is 0 Å². The molecule has 0 fully saturated rings. The van der Waals surface area contributed by atoms with Crippen molar-refractivity contribution in [2.75, 3.05) is 6.61 Å². The van der Waals surface area contributed by atoms with Crippen molar-refractivity contribution < 1.29 is 9.53 Å². The summed E-state index contributed by atoms with van der Waals surface area (Å²) in [6.45, 7) is 5.70. The second-order valence-electron chi connectivity index (χ2n) is 5.65. The number of nitrogens with zero attached hydrogens (tertiary/aromatic N) is 1. The molecule has 0 N–H and O–H groups in total. The first-order valence-electron chi connectivity index (χ1n) is 7.77. The summed E-state index contributed by atoms with van der Waals surface area (Å²) in [5.41, 5.74) is 5.03. The molecule has 1 atom stereocenters. The topological polar surface area (TPSA) is 29.5 Å². The third-order valence-electron chi connectivity index (χ3n) is 4.25. The molecule has 1 aliphatic heterocycles. The van der Waals surface area contributed by atoms with Crippen molar-refractivity contribution in [1.82, 2.24) is 4.90 Å². The summed E-state index contributed by atoms with van der Waals surface area (Å²) in [6.07, 6.45) is 0. The Kier molecular flexibility index (Phi) is 4.25. The van der Waals surface area contributed by atoms with Crippen LogP contribution in [0.2, 0.25) is 0 Å². The lowest BCUT2D eigenvalue weighted by atomic mass is 9.97. The maximum Gasteiger partial charge on any atom is 0.323 e. The molecule has 114 valence electrons. The first-order chi connectivity index (χ1) is 10.7. The Morgan fingerprint density at radius 2 is 1.55 bits per heavy atom. The molecule has 3 heteroatoms. The molecule has 0 amide bonds. The van der Waals surface area contributed by atoms with E-state index in [2.05, 4.69) is 53.4 Å². The van der Waals surface area contributed by atoms with E-state index in [1.54, 1.807) is 0 Å². The minimum atomic E-state index is -0.251. The molecule has 0 unspecified atom stereocenters. The van der Waals surface area contributed by atoms with Crippen LogP contribution in [0.1, 0.15) is 25.0 Å². The maximum atomic E-state index is 12.1. The zero-order valence-electron chi connectivity index (χ0n) is 13.1. The van der Waals surface area contributed by atoms with Crippen LogP contribution >= 0.6 is 0 Å². The van der Waals surface area contributed by atoms with Crippen LogP contribution in [0, 0.1) is 0 Å². The molecule has 1 aliphatic rings. The number of benzene rings is 2. The van der Waals surface area contributed by atoms with Crippen LogP contribution in [0.25, 0.3) is 11.1 Å². The van der Waals surface area contributed by atoms with Crippen molar-refractivity contribution in [2.24, 2.45) is 0 Å². The van der Waals surface area contributed by atoms with Gasteiger partial charge in [-0.2, -0.15) is 0 Å². The number of hydrogen-bond donors (Lipinski definition) is 0. The van der Waals surface area contributed by atoms with Crippen LogP contribution < -0.4 is 0 Å². The highest BCUT2D eigenvalue weighted by molar-refractivity contribution is 5.76. The Morgan fingerprint density at radius 3 is 2.05 bits per heavy atom. The number of rotatable bonds is 3. The van der Waals surface area contributed by atoms with Gasteiger partial charge in [-0.1, -0.05) is 48.5 Å². The molecule has 3 nitrogen and oxygen atoms in total. The molecule has 2 aromatic carbocycles. The molecule has 3 rings (SSSR count). The minimum Gasteiger partial charge on any atom is -0.465 e. The summed E-state index contributed by atoms with van der Waals surface area (Å²) in [7, 11) is 0. The van der Waals surface area contributed by atoms with Crippen LogP contribution in [0.4, 0.5) is 0 Å².